The minimum absolute atomic E-state index is 0.0567. The Morgan fingerprint density at radius 2 is 2.15 bits per heavy atom. The van der Waals surface area contributed by atoms with Gasteiger partial charge in [0.15, 0.2) is 0 Å². The maximum absolute atomic E-state index is 11.5. The first-order chi connectivity index (χ1) is 6.29. The predicted molar refractivity (Wildman–Crippen MR) is 53.1 cm³/mol. The second kappa shape index (κ2) is 3.50. The summed E-state index contributed by atoms with van der Waals surface area (Å²) in [5.74, 6) is 1.06. The Morgan fingerprint density at radius 3 is 2.77 bits per heavy atom. The monoisotopic (exact) mass is 196 g/mol. The number of hydrogen-bond donors (Lipinski definition) is 1. The first-order valence-corrected chi connectivity index (χ1v) is 5.82. The number of rotatable bonds is 1. The van der Waals surface area contributed by atoms with Gasteiger partial charge in [-0.05, 0) is 18.9 Å². The normalized spacial score (nSPS) is 27.7. The van der Waals surface area contributed by atoms with E-state index in [1.807, 2.05) is 12.1 Å². The molecule has 0 bridgehead atoms. The summed E-state index contributed by atoms with van der Waals surface area (Å²) in [5, 5.41) is 9.61. The molecule has 0 radical (unpaired) electrons. The Balaban J connectivity index is 2.34. The first kappa shape index (κ1) is 8.75. The zero-order valence-electron chi connectivity index (χ0n) is 7.27. The zero-order chi connectivity index (χ0) is 9.26. The molecule has 0 spiro atoms. The molecule has 1 aromatic carbocycles. The van der Waals surface area contributed by atoms with Crippen LogP contribution in [0.3, 0.4) is 0 Å². The number of aromatic hydroxyl groups is 1. The summed E-state index contributed by atoms with van der Waals surface area (Å²) in [6.07, 6.45) is 1.94. The molecule has 0 amide bonds. The number of phenols is 1. The molecular weight excluding hydrogens is 184 g/mol. The van der Waals surface area contributed by atoms with Crippen molar-refractivity contribution in [2.75, 3.05) is 5.75 Å². The number of benzene rings is 1. The summed E-state index contributed by atoms with van der Waals surface area (Å²) in [4.78, 5) is 0. The molecule has 3 heteroatoms. The summed E-state index contributed by atoms with van der Waals surface area (Å²) in [6, 6.07) is 7.19. The molecule has 1 aromatic rings. The van der Waals surface area contributed by atoms with Gasteiger partial charge in [-0.3, -0.25) is 4.21 Å². The summed E-state index contributed by atoms with van der Waals surface area (Å²) in [5.41, 5.74) is 0.846. The van der Waals surface area contributed by atoms with Gasteiger partial charge in [0.25, 0.3) is 0 Å². The molecule has 0 aromatic heterocycles. The molecule has 1 aliphatic heterocycles. The van der Waals surface area contributed by atoms with Gasteiger partial charge in [-0.1, -0.05) is 18.2 Å². The predicted octanol–water partition coefficient (Wildman–Crippen LogP) is 1.98. The minimum Gasteiger partial charge on any atom is -0.508 e. The third kappa shape index (κ3) is 1.61. The van der Waals surface area contributed by atoms with Crippen LogP contribution in [-0.4, -0.2) is 15.1 Å². The van der Waals surface area contributed by atoms with E-state index >= 15 is 0 Å². The Kier molecular flexibility index (Phi) is 2.36. The van der Waals surface area contributed by atoms with Crippen LogP contribution in [-0.2, 0) is 10.8 Å². The number of phenolic OH excluding ortho intramolecular Hbond substituents is 1. The van der Waals surface area contributed by atoms with Crippen molar-refractivity contribution in [1.82, 2.24) is 0 Å². The third-order valence-corrected chi connectivity index (χ3v) is 4.23. The van der Waals surface area contributed by atoms with Crippen molar-refractivity contribution < 1.29 is 9.32 Å². The summed E-state index contributed by atoms with van der Waals surface area (Å²) in [6.45, 7) is 0. The van der Waals surface area contributed by atoms with Gasteiger partial charge in [-0.2, -0.15) is 0 Å². The lowest BCUT2D eigenvalue weighted by Crippen LogP contribution is -1.99. The Morgan fingerprint density at radius 1 is 1.38 bits per heavy atom. The largest absolute Gasteiger partial charge is 0.508 e. The van der Waals surface area contributed by atoms with Crippen LogP contribution >= 0.6 is 0 Å². The molecule has 13 heavy (non-hydrogen) atoms. The lowest BCUT2D eigenvalue weighted by Gasteiger charge is -2.09. The van der Waals surface area contributed by atoms with Gasteiger partial charge < -0.3 is 5.11 Å². The van der Waals surface area contributed by atoms with Gasteiger partial charge in [-0.15, -0.1) is 0 Å². The van der Waals surface area contributed by atoms with Crippen molar-refractivity contribution in [3.05, 3.63) is 29.8 Å². The van der Waals surface area contributed by atoms with E-state index in [1.54, 1.807) is 12.1 Å². The molecule has 1 heterocycles. The van der Waals surface area contributed by atoms with E-state index in [0.717, 1.165) is 24.2 Å². The Bertz CT molecular complexity index is 335. The van der Waals surface area contributed by atoms with Crippen LogP contribution in [0.4, 0.5) is 0 Å². The van der Waals surface area contributed by atoms with Crippen LogP contribution in [0.2, 0.25) is 0 Å². The highest BCUT2D eigenvalue weighted by atomic mass is 32.2. The summed E-state index contributed by atoms with van der Waals surface area (Å²) in [7, 11) is -0.782. The van der Waals surface area contributed by atoms with Crippen LogP contribution in [0.25, 0.3) is 0 Å². The van der Waals surface area contributed by atoms with Crippen LogP contribution in [0, 0.1) is 0 Å². The van der Waals surface area contributed by atoms with E-state index in [-0.39, 0.29) is 11.0 Å². The summed E-state index contributed by atoms with van der Waals surface area (Å²) < 4.78 is 11.5. The molecule has 2 rings (SSSR count). The smallest absolute Gasteiger partial charge is 0.119 e. The fraction of sp³-hybridized carbons (Fsp3) is 0.400. The highest BCUT2D eigenvalue weighted by Gasteiger charge is 2.26. The van der Waals surface area contributed by atoms with E-state index in [2.05, 4.69) is 0 Å². The van der Waals surface area contributed by atoms with Crippen molar-refractivity contribution in [2.45, 2.75) is 18.1 Å². The average Bonchev–Trinajstić information content (AvgIpc) is 2.52. The van der Waals surface area contributed by atoms with Gasteiger partial charge in [0, 0.05) is 22.1 Å². The highest BCUT2D eigenvalue weighted by molar-refractivity contribution is 7.85. The SMILES string of the molecule is O=S1CCC[C@H]1c1ccccc1O. The van der Waals surface area contributed by atoms with E-state index in [0.29, 0.717) is 0 Å². The van der Waals surface area contributed by atoms with E-state index in [1.165, 1.54) is 0 Å². The summed E-state index contributed by atoms with van der Waals surface area (Å²) >= 11 is 0. The van der Waals surface area contributed by atoms with Gasteiger partial charge in [0.2, 0.25) is 0 Å². The standard InChI is InChI=1S/C10H12O2S/c11-9-5-2-1-4-8(9)10-6-3-7-13(10)12/h1-2,4-5,10-11H,3,6-7H2/t10-,13?/m0/s1. The maximum atomic E-state index is 11.5. The molecule has 70 valence electrons. The topological polar surface area (TPSA) is 37.3 Å². The fourth-order valence-electron chi connectivity index (χ4n) is 1.74. The van der Waals surface area contributed by atoms with Gasteiger partial charge in [0.1, 0.15) is 5.75 Å². The molecule has 2 atom stereocenters. The van der Waals surface area contributed by atoms with E-state index in [4.69, 9.17) is 0 Å². The average molecular weight is 196 g/mol. The van der Waals surface area contributed by atoms with Gasteiger partial charge in [-0.25, -0.2) is 0 Å². The van der Waals surface area contributed by atoms with Crippen molar-refractivity contribution in [1.29, 1.82) is 0 Å². The van der Waals surface area contributed by atoms with Crippen LogP contribution < -0.4 is 0 Å². The van der Waals surface area contributed by atoms with E-state index in [9.17, 15) is 9.32 Å². The number of hydrogen-bond acceptors (Lipinski definition) is 2. The van der Waals surface area contributed by atoms with Crippen LogP contribution in [0.5, 0.6) is 5.75 Å². The van der Waals surface area contributed by atoms with Crippen molar-refractivity contribution >= 4 is 10.8 Å². The van der Waals surface area contributed by atoms with Crippen molar-refractivity contribution in [2.24, 2.45) is 0 Å². The minimum atomic E-state index is -0.782. The van der Waals surface area contributed by atoms with Crippen molar-refractivity contribution in [3.8, 4) is 5.75 Å². The fourth-order valence-corrected chi connectivity index (χ4v) is 3.39. The number of para-hydroxylation sites is 1. The van der Waals surface area contributed by atoms with Crippen LogP contribution in [0.1, 0.15) is 23.7 Å². The van der Waals surface area contributed by atoms with Gasteiger partial charge >= 0.3 is 0 Å². The highest BCUT2D eigenvalue weighted by Crippen LogP contribution is 2.35. The third-order valence-electron chi connectivity index (χ3n) is 2.41. The lowest BCUT2D eigenvalue weighted by molar-refractivity contribution is 0.466. The van der Waals surface area contributed by atoms with E-state index < -0.39 is 10.8 Å². The van der Waals surface area contributed by atoms with Crippen molar-refractivity contribution in [3.63, 3.8) is 0 Å². The molecule has 2 nitrogen and oxygen atoms in total. The second-order valence-electron chi connectivity index (χ2n) is 3.27. The Hall–Kier alpha value is -0.830. The zero-order valence-corrected chi connectivity index (χ0v) is 8.09. The molecule has 1 N–H and O–H groups in total. The molecule has 0 saturated carbocycles. The van der Waals surface area contributed by atoms with Gasteiger partial charge in [0.05, 0.1) is 5.25 Å². The maximum Gasteiger partial charge on any atom is 0.119 e. The lowest BCUT2D eigenvalue weighted by atomic mass is 10.1. The Labute approximate surface area is 80.1 Å². The molecule has 1 fully saturated rings. The molecule has 1 aliphatic rings. The second-order valence-corrected chi connectivity index (χ2v) is 5.01. The molecule has 1 unspecified atom stereocenters. The molecular formula is C10H12O2S. The first-order valence-electron chi connectivity index (χ1n) is 4.44. The molecule has 0 aliphatic carbocycles. The van der Waals surface area contributed by atoms with Crippen LogP contribution in [0.15, 0.2) is 24.3 Å². The quantitative estimate of drug-likeness (QED) is 0.745. The molecule has 1 saturated heterocycles.